The Morgan fingerprint density at radius 2 is 1.81 bits per heavy atom. The summed E-state index contributed by atoms with van der Waals surface area (Å²) in [6.07, 6.45) is 0. The van der Waals surface area contributed by atoms with E-state index in [-0.39, 0.29) is 23.7 Å². The number of nitrogens with one attached hydrogen (secondary N) is 1. The van der Waals surface area contributed by atoms with Gasteiger partial charge in [-0.1, -0.05) is 6.07 Å². The molecule has 1 N–H and O–H groups in total. The lowest BCUT2D eigenvalue weighted by molar-refractivity contribution is -0.122. The molecule has 6 nitrogen and oxygen atoms in total. The van der Waals surface area contributed by atoms with E-state index < -0.39 is 23.6 Å². The van der Waals surface area contributed by atoms with E-state index >= 15 is 0 Å². The molecule has 134 valence electrons. The van der Waals surface area contributed by atoms with E-state index in [1.165, 1.54) is 30.3 Å². The number of aromatic nitrogens is 4. The second kappa shape index (κ2) is 7.34. The molecule has 0 unspecified atom stereocenters. The van der Waals surface area contributed by atoms with Gasteiger partial charge < -0.3 is 5.32 Å². The summed E-state index contributed by atoms with van der Waals surface area (Å²) in [4.78, 5) is 13.2. The minimum atomic E-state index is -0.740. The Balaban J connectivity index is 1.64. The molecule has 3 rings (SSSR count). The molecule has 0 saturated heterocycles. The van der Waals surface area contributed by atoms with Gasteiger partial charge in [0.25, 0.3) is 0 Å². The number of halogens is 3. The predicted molar refractivity (Wildman–Crippen MR) is 86.1 cm³/mol. The number of carbonyl (C=O) groups is 1. The van der Waals surface area contributed by atoms with E-state index in [1.807, 2.05) is 0 Å². The topological polar surface area (TPSA) is 72.7 Å². The lowest BCUT2D eigenvalue weighted by Gasteiger charge is -2.14. The van der Waals surface area contributed by atoms with Crippen LogP contribution >= 0.6 is 0 Å². The van der Waals surface area contributed by atoms with E-state index in [1.54, 1.807) is 6.92 Å². The first-order chi connectivity index (χ1) is 12.4. The van der Waals surface area contributed by atoms with Gasteiger partial charge in [0.05, 0.1) is 6.04 Å². The van der Waals surface area contributed by atoms with Crippen molar-refractivity contribution in [1.82, 2.24) is 25.5 Å². The van der Waals surface area contributed by atoms with Crippen molar-refractivity contribution in [2.45, 2.75) is 19.5 Å². The van der Waals surface area contributed by atoms with Crippen LogP contribution in [0.3, 0.4) is 0 Å². The zero-order chi connectivity index (χ0) is 18.7. The van der Waals surface area contributed by atoms with Gasteiger partial charge in [0.15, 0.2) is 0 Å². The fourth-order valence-electron chi connectivity index (χ4n) is 2.37. The Morgan fingerprint density at radius 1 is 1.12 bits per heavy atom. The summed E-state index contributed by atoms with van der Waals surface area (Å²) in [6, 6.07) is 8.01. The minimum Gasteiger partial charge on any atom is -0.348 e. The molecular weight excluding hydrogens is 347 g/mol. The van der Waals surface area contributed by atoms with E-state index in [2.05, 4.69) is 20.7 Å². The molecule has 0 aliphatic carbocycles. The number of hydrogen-bond acceptors (Lipinski definition) is 4. The van der Waals surface area contributed by atoms with Crippen LogP contribution in [0.25, 0.3) is 11.4 Å². The first kappa shape index (κ1) is 17.6. The lowest BCUT2D eigenvalue weighted by atomic mass is 10.1. The summed E-state index contributed by atoms with van der Waals surface area (Å²) >= 11 is 0. The average molecular weight is 361 g/mol. The van der Waals surface area contributed by atoms with Crippen molar-refractivity contribution in [3.8, 4) is 11.4 Å². The van der Waals surface area contributed by atoms with E-state index in [4.69, 9.17) is 0 Å². The summed E-state index contributed by atoms with van der Waals surface area (Å²) in [5.74, 6) is -2.04. The monoisotopic (exact) mass is 361 g/mol. The molecule has 0 saturated carbocycles. The van der Waals surface area contributed by atoms with Crippen molar-refractivity contribution in [3.63, 3.8) is 0 Å². The van der Waals surface area contributed by atoms with Gasteiger partial charge in [-0.15, -0.1) is 10.2 Å². The van der Waals surface area contributed by atoms with Gasteiger partial charge in [-0.3, -0.25) is 4.79 Å². The number of hydrogen-bond donors (Lipinski definition) is 1. The largest absolute Gasteiger partial charge is 0.348 e. The number of carbonyl (C=O) groups excluding carboxylic acids is 1. The SMILES string of the molecule is C[C@@H](NC(=O)Cn1nnc(-c2ccc(F)cc2)n1)c1ccc(F)cc1F. The normalized spacial score (nSPS) is 12.0. The molecule has 9 heteroatoms. The average Bonchev–Trinajstić information content (AvgIpc) is 3.03. The summed E-state index contributed by atoms with van der Waals surface area (Å²) in [7, 11) is 0. The molecule has 0 aliphatic rings. The zero-order valence-corrected chi connectivity index (χ0v) is 13.7. The second-order valence-electron chi connectivity index (χ2n) is 5.61. The molecule has 0 spiro atoms. The van der Waals surface area contributed by atoms with Gasteiger partial charge in [0, 0.05) is 17.2 Å². The maximum Gasteiger partial charge on any atom is 0.244 e. The van der Waals surface area contributed by atoms with Gasteiger partial charge in [-0.25, -0.2) is 13.2 Å². The molecule has 1 amide bonds. The highest BCUT2D eigenvalue weighted by atomic mass is 19.1. The maximum atomic E-state index is 13.7. The molecular formula is C17H14F3N5O. The van der Waals surface area contributed by atoms with Crippen LogP contribution in [0, 0.1) is 17.5 Å². The van der Waals surface area contributed by atoms with Gasteiger partial charge >= 0.3 is 0 Å². The van der Waals surface area contributed by atoms with Crippen molar-refractivity contribution in [3.05, 3.63) is 65.5 Å². The highest BCUT2D eigenvalue weighted by Crippen LogP contribution is 2.18. The first-order valence-electron chi connectivity index (χ1n) is 7.70. The standard InChI is InChI=1S/C17H14F3N5O/c1-10(14-7-6-13(19)8-15(14)20)21-16(26)9-25-23-17(22-24-25)11-2-4-12(18)5-3-11/h2-8,10H,9H2,1H3,(H,21,26)/t10-/m1/s1. The number of rotatable bonds is 5. The smallest absolute Gasteiger partial charge is 0.244 e. The summed E-state index contributed by atoms with van der Waals surface area (Å²) in [5.41, 5.74) is 0.720. The van der Waals surface area contributed by atoms with Crippen molar-refractivity contribution < 1.29 is 18.0 Å². The molecule has 2 aromatic carbocycles. The Hall–Kier alpha value is -3.23. The number of benzene rings is 2. The van der Waals surface area contributed by atoms with E-state index in [9.17, 15) is 18.0 Å². The molecule has 0 radical (unpaired) electrons. The summed E-state index contributed by atoms with van der Waals surface area (Å²) in [6.45, 7) is 1.34. The van der Waals surface area contributed by atoms with Gasteiger partial charge in [-0.05, 0) is 42.5 Å². The Bertz CT molecular complexity index is 926. The molecule has 1 heterocycles. The van der Waals surface area contributed by atoms with Crippen LogP contribution in [0.5, 0.6) is 0 Å². The first-order valence-corrected chi connectivity index (χ1v) is 7.70. The second-order valence-corrected chi connectivity index (χ2v) is 5.61. The zero-order valence-electron chi connectivity index (χ0n) is 13.7. The molecule has 3 aromatic rings. The third-order valence-electron chi connectivity index (χ3n) is 3.65. The molecule has 0 bridgehead atoms. The Kier molecular flexibility index (Phi) is 4.97. The number of tetrazole rings is 1. The van der Waals surface area contributed by atoms with Crippen LogP contribution < -0.4 is 5.32 Å². The maximum absolute atomic E-state index is 13.7. The van der Waals surface area contributed by atoms with Crippen molar-refractivity contribution in [2.75, 3.05) is 0 Å². The molecule has 1 aromatic heterocycles. The van der Waals surface area contributed by atoms with Crippen LogP contribution in [-0.2, 0) is 11.3 Å². The molecule has 1 atom stereocenters. The van der Waals surface area contributed by atoms with Crippen LogP contribution in [0.4, 0.5) is 13.2 Å². The third-order valence-corrected chi connectivity index (χ3v) is 3.65. The van der Waals surface area contributed by atoms with E-state index in [0.29, 0.717) is 5.56 Å². The van der Waals surface area contributed by atoms with Crippen molar-refractivity contribution in [1.29, 1.82) is 0 Å². The number of nitrogens with zero attached hydrogens (tertiary/aromatic N) is 4. The van der Waals surface area contributed by atoms with Gasteiger partial charge in [-0.2, -0.15) is 4.80 Å². The van der Waals surface area contributed by atoms with Crippen LogP contribution in [0.15, 0.2) is 42.5 Å². The van der Waals surface area contributed by atoms with Crippen molar-refractivity contribution in [2.24, 2.45) is 0 Å². The van der Waals surface area contributed by atoms with Crippen LogP contribution in [0.1, 0.15) is 18.5 Å². The van der Waals surface area contributed by atoms with Crippen LogP contribution in [0.2, 0.25) is 0 Å². The Labute approximate surface area is 146 Å². The van der Waals surface area contributed by atoms with Gasteiger partial charge in [0.1, 0.15) is 24.0 Å². The van der Waals surface area contributed by atoms with Crippen LogP contribution in [-0.4, -0.2) is 26.1 Å². The number of amides is 1. The lowest BCUT2D eigenvalue weighted by Crippen LogP contribution is -2.31. The third kappa shape index (κ3) is 4.05. The molecule has 0 fully saturated rings. The van der Waals surface area contributed by atoms with E-state index in [0.717, 1.165) is 16.9 Å². The quantitative estimate of drug-likeness (QED) is 0.758. The van der Waals surface area contributed by atoms with Gasteiger partial charge in [0.2, 0.25) is 11.7 Å². The summed E-state index contributed by atoms with van der Waals surface area (Å²) in [5, 5.41) is 14.2. The fourth-order valence-corrected chi connectivity index (χ4v) is 2.37. The molecule has 0 aliphatic heterocycles. The minimum absolute atomic E-state index is 0.165. The summed E-state index contributed by atoms with van der Waals surface area (Å²) < 4.78 is 39.6. The predicted octanol–water partition coefficient (Wildman–Crippen LogP) is 2.63. The molecule has 26 heavy (non-hydrogen) atoms. The highest BCUT2D eigenvalue weighted by Gasteiger charge is 2.16. The fraction of sp³-hybridized carbons (Fsp3) is 0.176. The Morgan fingerprint density at radius 3 is 2.50 bits per heavy atom. The van der Waals surface area contributed by atoms with Crippen molar-refractivity contribution >= 4 is 5.91 Å². The highest BCUT2D eigenvalue weighted by molar-refractivity contribution is 5.76.